The van der Waals surface area contributed by atoms with Gasteiger partial charge in [-0.3, -0.25) is 13.9 Å². The molecule has 1 heterocycles. The quantitative estimate of drug-likeness (QED) is 0.299. The molecule has 0 aliphatic rings. The summed E-state index contributed by atoms with van der Waals surface area (Å²) in [5.74, 6) is 0.125. The average Bonchev–Trinajstić information content (AvgIpc) is 3.44. The van der Waals surface area contributed by atoms with E-state index in [0.717, 1.165) is 16.1 Å². The van der Waals surface area contributed by atoms with Crippen molar-refractivity contribution in [2.24, 2.45) is 0 Å². The summed E-state index contributed by atoms with van der Waals surface area (Å²) in [6, 6.07) is 26.0. The minimum absolute atomic E-state index is 0.182. The summed E-state index contributed by atoms with van der Waals surface area (Å²) in [5.41, 5.74) is 1.80. The Kier molecular flexibility index (Phi) is 8.44. The van der Waals surface area contributed by atoms with E-state index in [1.54, 1.807) is 60.7 Å². The van der Waals surface area contributed by atoms with E-state index >= 15 is 0 Å². The lowest BCUT2D eigenvalue weighted by atomic mass is 10.1. The van der Waals surface area contributed by atoms with E-state index in [4.69, 9.17) is 9.15 Å². The Morgan fingerprint density at radius 3 is 2.29 bits per heavy atom. The number of furan rings is 1. The third-order valence-corrected chi connectivity index (χ3v) is 6.65. The Hall–Kier alpha value is -4.57. The van der Waals surface area contributed by atoms with Gasteiger partial charge in [0.25, 0.3) is 5.91 Å². The number of hydrogen-bond acceptors (Lipinski definition) is 6. The minimum atomic E-state index is -3.79. The Morgan fingerprint density at radius 1 is 0.895 bits per heavy atom. The van der Waals surface area contributed by atoms with Crippen LogP contribution in [0.3, 0.4) is 0 Å². The molecule has 0 spiro atoms. The standard InChI is InChI=1S/C28H27N3O6S/c1-38(34,35)31(22-13-15-23(16-14-22)37-20-21-8-3-2-4-9-21)19-27(32)30-26-12-6-5-11-25(26)28(33)29-18-24-10-7-17-36-24/h2-17H,18-20H2,1H3,(H,29,33)(H,30,32). The normalized spacial score (nSPS) is 11.0. The highest BCUT2D eigenvalue weighted by Gasteiger charge is 2.22. The van der Waals surface area contributed by atoms with Crippen LogP contribution in [0.4, 0.5) is 11.4 Å². The molecule has 2 amide bonds. The van der Waals surface area contributed by atoms with Crippen molar-refractivity contribution in [3.8, 4) is 5.75 Å². The lowest BCUT2D eigenvalue weighted by Gasteiger charge is -2.22. The monoisotopic (exact) mass is 533 g/mol. The summed E-state index contributed by atoms with van der Waals surface area (Å²) in [6.07, 6.45) is 2.53. The fraction of sp³-hybridized carbons (Fsp3) is 0.143. The van der Waals surface area contributed by atoms with Crippen molar-refractivity contribution >= 4 is 33.2 Å². The molecule has 0 bridgehead atoms. The van der Waals surface area contributed by atoms with Crippen LogP contribution in [0, 0.1) is 0 Å². The second-order valence-corrected chi connectivity index (χ2v) is 10.3. The van der Waals surface area contributed by atoms with Gasteiger partial charge in [-0.2, -0.15) is 0 Å². The van der Waals surface area contributed by atoms with Gasteiger partial charge in [-0.15, -0.1) is 0 Å². The number of ether oxygens (including phenoxy) is 1. The summed E-state index contributed by atoms with van der Waals surface area (Å²) in [4.78, 5) is 25.6. The number of amides is 2. The van der Waals surface area contributed by atoms with Gasteiger partial charge in [-0.05, 0) is 54.1 Å². The van der Waals surface area contributed by atoms with Crippen LogP contribution in [0.25, 0.3) is 0 Å². The Morgan fingerprint density at radius 2 is 1.61 bits per heavy atom. The van der Waals surface area contributed by atoms with Crippen molar-refractivity contribution in [3.63, 3.8) is 0 Å². The fourth-order valence-electron chi connectivity index (χ4n) is 3.64. The number of carbonyl (C=O) groups is 2. The van der Waals surface area contributed by atoms with Crippen molar-refractivity contribution in [2.45, 2.75) is 13.2 Å². The molecule has 0 saturated carbocycles. The second kappa shape index (κ2) is 12.1. The minimum Gasteiger partial charge on any atom is -0.489 e. The SMILES string of the molecule is CS(=O)(=O)N(CC(=O)Nc1ccccc1C(=O)NCc1ccco1)c1ccc(OCc2ccccc2)cc1. The van der Waals surface area contributed by atoms with Gasteiger partial charge in [0.15, 0.2) is 0 Å². The van der Waals surface area contributed by atoms with Crippen molar-refractivity contribution in [1.29, 1.82) is 0 Å². The number of hydrogen-bond donors (Lipinski definition) is 2. The molecule has 3 aromatic carbocycles. The summed E-state index contributed by atoms with van der Waals surface area (Å²) in [5, 5.41) is 5.38. The number of rotatable bonds is 11. The van der Waals surface area contributed by atoms with Crippen LogP contribution in [0.15, 0.2) is 102 Å². The molecule has 0 fully saturated rings. The maximum atomic E-state index is 12.9. The highest BCUT2D eigenvalue weighted by Crippen LogP contribution is 2.23. The molecule has 38 heavy (non-hydrogen) atoms. The molecule has 4 aromatic rings. The molecule has 9 nitrogen and oxygen atoms in total. The molecule has 2 N–H and O–H groups in total. The third-order valence-electron chi connectivity index (χ3n) is 5.51. The summed E-state index contributed by atoms with van der Waals surface area (Å²) >= 11 is 0. The molecule has 4 rings (SSSR count). The molecule has 196 valence electrons. The second-order valence-electron chi connectivity index (χ2n) is 8.39. The number of carbonyl (C=O) groups excluding carboxylic acids is 2. The molecular weight excluding hydrogens is 506 g/mol. The third kappa shape index (κ3) is 7.23. The summed E-state index contributed by atoms with van der Waals surface area (Å²) in [7, 11) is -3.79. The largest absolute Gasteiger partial charge is 0.489 e. The van der Waals surface area contributed by atoms with Crippen LogP contribution in [-0.4, -0.2) is 33.0 Å². The Bertz CT molecular complexity index is 1470. The van der Waals surface area contributed by atoms with Crippen molar-refractivity contribution in [3.05, 3.63) is 114 Å². The zero-order chi connectivity index (χ0) is 27.0. The predicted molar refractivity (Wildman–Crippen MR) is 144 cm³/mol. The maximum absolute atomic E-state index is 12.9. The van der Waals surface area contributed by atoms with Gasteiger partial charge in [-0.25, -0.2) is 8.42 Å². The summed E-state index contributed by atoms with van der Waals surface area (Å²) < 4.78 is 37.0. The lowest BCUT2D eigenvalue weighted by Crippen LogP contribution is -2.37. The Balaban J connectivity index is 1.41. The molecule has 0 radical (unpaired) electrons. The first-order valence-electron chi connectivity index (χ1n) is 11.7. The van der Waals surface area contributed by atoms with Crippen LogP contribution in [0.1, 0.15) is 21.7 Å². The van der Waals surface area contributed by atoms with Gasteiger partial charge in [0.1, 0.15) is 24.7 Å². The van der Waals surface area contributed by atoms with Crippen LogP contribution in [0.5, 0.6) is 5.75 Å². The van der Waals surface area contributed by atoms with Gasteiger partial charge in [0.05, 0.1) is 36.0 Å². The molecule has 0 saturated heterocycles. The zero-order valence-corrected chi connectivity index (χ0v) is 21.5. The van der Waals surface area contributed by atoms with E-state index < -0.39 is 28.4 Å². The number of para-hydroxylation sites is 1. The number of nitrogens with zero attached hydrogens (tertiary/aromatic N) is 1. The van der Waals surface area contributed by atoms with Crippen LogP contribution >= 0.6 is 0 Å². The van der Waals surface area contributed by atoms with Crippen LogP contribution < -0.4 is 19.7 Å². The molecule has 0 aliphatic carbocycles. The first-order chi connectivity index (χ1) is 18.3. The summed E-state index contributed by atoms with van der Waals surface area (Å²) in [6.45, 7) is 0.0688. The van der Waals surface area contributed by atoms with Gasteiger partial charge in [0, 0.05) is 0 Å². The molecule has 1 aromatic heterocycles. The zero-order valence-electron chi connectivity index (χ0n) is 20.7. The number of benzene rings is 3. The Labute approximate surface area is 221 Å². The molecule has 10 heteroatoms. The number of sulfonamides is 1. The van der Waals surface area contributed by atoms with Crippen molar-refractivity contribution < 1.29 is 27.2 Å². The van der Waals surface area contributed by atoms with Crippen LogP contribution in [0.2, 0.25) is 0 Å². The fourth-order valence-corrected chi connectivity index (χ4v) is 4.49. The van der Waals surface area contributed by atoms with E-state index in [1.807, 2.05) is 30.3 Å². The molecule has 0 unspecified atom stereocenters. The van der Waals surface area contributed by atoms with Crippen molar-refractivity contribution in [1.82, 2.24) is 5.32 Å². The van der Waals surface area contributed by atoms with E-state index in [1.165, 1.54) is 6.26 Å². The van der Waals surface area contributed by atoms with Gasteiger partial charge >= 0.3 is 0 Å². The first-order valence-corrected chi connectivity index (χ1v) is 13.6. The van der Waals surface area contributed by atoms with E-state index in [9.17, 15) is 18.0 Å². The molecular formula is C28H27N3O6S. The maximum Gasteiger partial charge on any atom is 0.253 e. The van der Waals surface area contributed by atoms with E-state index in [-0.39, 0.29) is 17.8 Å². The highest BCUT2D eigenvalue weighted by molar-refractivity contribution is 7.92. The average molecular weight is 534 g/mol. The number of nitrogens with one attached hydrogen (secondary N) is 2. The first kappa shape index (κ1) is 26.5. The molecule has 0 aliphatic heterocycles. The van der Waals surface area contributed by atoms with Gasteiger partial charge in [-0.1, -0.05) is 42.5 Å². The molecule has 0 atom stereocenters. The predicted octanol–water partition coefficient (Wildman–Crippen LogP) is 4.19. The number of anilines is 2. The smallest absolute Gasteiger partial charge is 0.253 e. The van der Waals surface area contributed by atoms with Gasteiger partial charge in [0.2, 0.25) is 15.9 Å². The van der Waals surface area contributed by atoms with E-state index in [2.05, 4.69) is 10.6 Å². The van der Waals surface area contributed by atoms with Crippen molar-refractivity contribution in [2.75, 3.05) is 22.4 Å². The van der Waals surface area contributed by atoms with Gasteiger partial charge < -0.3 is 19.8 Å². The van der Waals surface area contributed by atoms with Crippen LogP contribution in [-0.2, 0) is 28.0 Å². The van der Waals surface area contributed by atoms with E-state index in [0.29, 0.717) is 23.8 Å². The highest BCUT2D eigenvalue weighted by atomic mass is 32.2. The topological polar surface area (TPSA) is 118 Å². The lowest BCUT2D eigenvalue weighted by molar-refractivity contribution is -0.114.